The Morgan fingerprint density at radius 1 is 1.50 bits per heavy atom. The Balaban J connectivity index is 1.85. The summed E-state index contributed by atoms with van der Waals surface area (Å²) in [4.78, 5) is 14.0. The molecular formula is C11H20N2O2S. The molecule has 0 saturated carbocycles. The lowest BCUT2D eigenvalue weighted by molar-refractivity contribution is -0.141. The summed E-state index contributed by atoms with van der Waals surface area (Å²) in [6.07, 6.45) is 5.51. The van der Waals surface area contributed by atoms with Crippen LogP contribution in [0.4, 0.5) is 0 Å². The van der Waals surface area contributed by atoms with Crippen LogP contribution in [0.2, 0.25) is 0 Å². The second kappa shape index (κ2) is 5.38. The maximum Gasteiger partial charge on any atom is 0.239 e. The fraction of sp³-hybridized carbons (Fsp3) is 0.909. The molecule has 16 heavy (non-hydrogen) atoms. The van der Waals surface area contributed by atoms with Crippen molar-refractivity contribution in [3.8, 4) is 0 Å². The Hall–Kier alpha value is -0.260. The van der Waals surface area contributed by atoms with Gasteiger partial charge < -0.3 is 15.4 Å². The normalized spacial score (nSPS) is 30.5. The smallest absolute Gasteiger partial charge is 0.239 e. The highest BCUT2D eigenvalue weighted by atomic mass is 32.2. The molecule has 4 nitrogen and oxygen atoms in total. The van der Waals surface area contributed by atoms with Crippen LogP contribution in [-0.4, -0.2) is 54.2 Å². The summed E-state index contributed by atoms with van der Waals surface area (Å²) in [6, 6.07) is -0.329. The molecule has 2 aliphatic heterocycles. The molecular weight excluding hydrogens is 224 g/mol. The van der Waals surface area contributed by atoms with Crippen LogP contribution < -0.4 is 5.73 Å². The van der Waals surface area contributed by atoms with Crippen LogP contribution in [-0.2, 0) is 9.53 Å². The van der Waals surface area contributed by atoms with E-state index in [4.69, 9.17) is 10.5 Å². The zero-order chi connectivity index (χ0) is 11.5. The van der Waals surface area contributed by atoms with Gasteiger partial charge in [-0.1, -0.05) is 0 Å². The number of amides is 1. The number of hydrogen-bond acceptors (Lipinski definition) is 4. The van der Waals surface area contributed by atoms with Crippen LogP contribution in [0, 0.1) is 0 Å². The van der Waals surface area contributed by atoms with Crippen molar-refractivity contribution in [1.29, 1.82) is 0 Å². The summed E-state index contributed by atoms with van der Waals surface area (Å²) in [6.45, 7) is 1.48. The van der Waals surface area contributed by atoms with Crippen molar-refractivity contribution < 1.29 is 9.53 Å². The molecule has 0 aromatic carbocycles. The monoisotopic (exact) mass is 244 g/mol. The van der Waals surface area contributed by atoms with E-state index in [1.54, 1.807) is 11.8 Å². The van der Waals surface area contributed by atoms with Gasteiger partial charge in [0.05, 0.1) is 18.2 Å². The molecule has 2 heterocycles. The SMILES string of the molecule is CSCC[C@H](N)C(=O)N1CC2CCC(C1)O2. The van der Waals surface area contributed by atoms with Gasteiger partial charge in [0.2, 0.25) is 5.91 Å². The second-order valence-corrected chi connectivity index (χ2v) is 5.57. The first-order valence-corrected chi connectivity index (χ1v) is 7.29. The number of nitrogens with zero attached hydrogens (tertiary/aromatic N) is 1. The van der Waals surface area contributed by atoms with Crippen molar-refractivity contribution in [1.82, 2.24) is 4.90 Å². The van der Waals surface area contributed by atoms with Gasteiger partial charge in [-0.15, -0.1) is 0 Å². The largest absolute Gasteiger partial charge is 0.371 e. The Morgan fingerprint density at radius 2 is 2.12 bits per heavy atom. The number of likely N-dealkylation sites (tertiary alicyclic amines) is 1. The number of ether oxygens (including phenoxy) is 1. The predicted octanol–water partition coefficient (Wildman–Crippen LogP) is 0.457. The quantitative estimate of drug-likeness (QED) is 0.780. The van der Waals surface area contributed by atoms with Crippen molar-refractivity contribution in [2.24, 2.45) is 5.73 Å². The molecule has 2 rings (SSSR count). The number of nitrogens with two attached hydrogens (primary N) is 1. The van der Waals surface area contributed by atoms with Gasteiger partial charge in [-0.3, -0.25) is 4.79 Å². The molecule has 92 valence electrons. The number of morpholine rings is 1. The topological polar surface area (TPSA) is 55.6 Å². The molecule has 2 N–H and O–H groups in total. The second-order valence-electron chi connectivity index (χ2n) is 4.59. The summed E-state index contributed by atoms with van der Waals surface area (Å²) in [7, 11) is 0. The summed E-state index contributed by atoms with van der Waals surface area (Å²) in [5.41, 5.74) is 5.90. The first-order chi connectivity index (χ1) is 7.70. The maximum atomic E-state index is 12.1. The first-order valence-electron chi connectivity index (χ1n) is 5.89. The number of hydrogen-bond donors (Lipinski definition) is 1. The van der Waals surface area contributed by atoms with E-state index in [1.807, 2.05) is 11.2 Å². The minimum Gasteiger partial charge on any atom is -0.371 e. The lowest BCUT2D eigenvalue weighted by atomic mass is 10.2. The average molecular weight is 244 g/mol. The lowest BCUT2D eigenvalue weighted by Crippen LogP contribution is -2.51. The number of thioether (sulfide) groups is 1. The fourth-order valence-electron chi connectivity index (χ4n) is 2.40. The van der Waals surface area contributed by atoms with Crippen molar-refractivity contribution in [2.45, 2.75) is 37.5 Å². The van der Waals surface area contributed by atoms with Crippen molar-refractivity contribution >= 4 is 17.7 Å². The van der Waals surface area contributed by atoms with Crippen LogP contribution in [0.3, 0.4) is 0 Å². The Morgan fingerprint density at radius 3 is 2.69 bits per heavy atom. The lowest BCUT2D eigenvalue weighted by Gasteiger charge is -2.33. The number of carbonyl (C=O) groups excluding carboxylic acids is 1. The maximum absolute atomic E-state index is 12.1. The standard InChI is InChI=1S/C11H20N2O2S/c1-16-5-4-10(12)11(14)13-6-8-2-3-9(7-13)15-8/h8-10H,2-7,12H2,1H3/t8?,9?,10-/m0/s1. The van der Waals surface area contributed by atoms with E-state index in [0.29, 0.717) is 0 Å². The van der Waals surface area contributed by atoms with Crippen molar-refractivity contribution in [3.63, 3.8) is 0 Å². The van der Waals surface area contributed by atoms with Crippen molar-refractivity contribution in [2.75, 3.05) is 25.1 Å². The molecule has 0 spiro atoms. The van der Waals surface area contributed by atoms with E-state index < -0.39 is 0 Å². The molecule has 2 unspecified atom stereocenters. The molecule has 1 amide bonds. The van der Waals surface area contributed by atoms with E-state index in [2.05, 4.69) is 0 Å². The fourth-order valence-corrected chi connectivity index (χ4v) is 2.89. The molecule has 0 radical (unpaired) electrons. The van der Waals surface area contributed by atoms with Crippen LogP contribution in [0.1, 0.15) is 19.3 Å². The molecule has 0 aromatic rings. The van der Waals surface area contributed by atoms with Crippen LogP contribution in [0.5, 0.6) is 0 Å². The number of fused-ring (bicyclic) bond motifs is 2. The van der Waals surface area contributed by atoms with Crippen LogP contribution in [0.25, 0.3) is 0 Å². The third kappa shape index (κ3) is 2.70. The number of carbonyl (C=O) groups is 1. The Bertz CT molecular complexity index is 250. The van der Waals surface area contributed by atoms with Gasteiger partial charge in [-0.2, -0.15) is 11.8 Å². The van der Waals surface area contributed by atoms with E-state index >= 15 is 0 Å². The van der Waals surface area contributed by atoms with E-state index in [0.717, 1.165) is 38.1 Å². The molecule has 0 aliphatic carbocycles. The molecule has 3 atom stereocenters. The van der Waals surface area contributed by atoms with Crippen molar-refractivity contribution in [3.05, 3.63) is 0 Å². The number of rotatable bonds is 4. The van der Waals surface area contributed by atoms with Gasteiger partial charge in [-0.05, 0) is 31.3 Å². The Kier molecular flexibility index (Phi) is 4.10. The molecule has 2 aliphatic rings. The van der Waals surface area contributed by atoms with E-state index in [1.165, 1.54) is 0 Å². The zero-order valence-corrected chi connectivity index (χ0v) is 10.5. The third-order valence-electron chi connectivity index (χ3n) is 3.31. The Labute approximate surface area is 101 Å². The third-order valence-corrected chi connectivity index (χ3v) is 3.95. The summed E-state index contributed by atoms with van der Waals surface area (Å²) in [5, 5.41) is 0. The highest BCUT2D eigenvalue weighted by Gasteiger charge is 2.36. The average Bonchev–Trinajstić information content (AvgIpc) is 2.64. The van der Waals surface area contributed by atoms with Gasteiger partial charge in [0.1, 0.15) is 0 Å². The van der Waals surface area contributed by atoms with Gasteiger partial charge in [0.25, 0.3) is 0 Å². The minimum absolute atomic E-state index is 0.106. The molecule has 5 heteroatoms. The van der Waals surface area contributed by atoms with Gasteiger partial charge in [-0.25, -0.2) is 0 Å². The van der Waals surface area contributed by atoms with E-state index in [9.17, 15) is 4.79 Å². The molecule has 0 aromatic heterocycles. The first kappa shape index (κ1) is 12.2. The molecule has 2 bridgehead atoms. The van der Waals surface area contributed by atoms with Gasteiger partial charge >= 0.3 is 0 Å². The summed E-state index contributed by atoms with van der Waals surface area (Å²) < 4.78 is 5.70. The van der Waals surface area contributed by atoms with Crippen LogP contribution >= 0.6 is 11.8 Å². The van der Waals surface area contributed by atoms with Crippen LogP contribution in [0.15, 0.2) is 0 Å². The minimum atomic E-state index is -0.329. The van der Waals surface area contributed by atoms with E-state index in [-0.39, 0.29) is 24.2 Å². The zero-order valence-electron chi connectivity index (χ0n) is 9.72. The summed E-state index contributed by atoms with van der Waals surface area (Å²) in [5.74, 6) is 1.05. The molecule has 2 saturated heterocycles. The highest BCUT2D eigenvalue weighted by molar-refractivity contribution is 7.98. The highest BCUT2D eigenvalue weighted by Crippen LogP contribution is 2.26. The molecule has 2 fully saturated rings. The predicted molar refractivity (Wildman–Crippen MR) is 65.4 cm³/mol. The van der Waals surface area contributed by atoms with Gasteiger partial charge in [0.15, 0.2) is 0 Å². The summed E-state index contributed by atoms with van der Waals surface area (Å²) >= 11 is 1.73. The van der Waals surface area contributed by atoms with Gasteiger partial charge in [0, 0.05) is 13.1 Å².